The second kappa shape index (κ2) is 19.8. The van der Waals surface area contributed by atoms with E-state index in [2.05, 4.69) is 67.5 Å². The number of benzene rings is 1. The molecule has 2 heteroatoms. The van der Waals surface area contributed by atoms with Gasteiger partial charge in [0.1, 0.15) is 0 Å². The molecule has 0 heterocycles. The number of hydrogen-bond acceptors (Lipinski definition) is 0. The average molecular weight is 712 g/mol. The summed E-state index contributed by atoms with van der Waals surface area (Å²) in [6.07, 6.45) is 17.3. The molecule has 0 aliphatic heterocycles. The molecule has 0 aliphatic rings. The predicted octanol–water partition coefficient (Wildman–Crippen LogP) is 12.2. The number of unbranched alkanes of at least 4 members (excludes halogenated alkanes) is 6. The SMILES string of the molecule is CCC[CH2][Sn]([CH2]CCC)([CH2]CCC)[CH2]c1cc(C)cc(C)c1[CH2][Sn]([CH2]CCC)([CH2]CCC)[CH2]CCC. The van der Waals surface area contributed by atoms with Gasteiger partial charge in [-0.3, -0.25) is 0 Å². The molecule has 1 aromatic rings. The van der Waals surface area contributed by atoms with E-state index in [0.717, 1.165) is 0 Å². The van der Waals surface area contributed by atoms with Crippen molar-refractivity contribution in [3.8, 4) is 0 Å². The first-order valence-electron chi connectivity index (χ1n) is 16.4. The van der Waals surface area contributed by atoms with Crippen molar-refractivity contribution in [3.05, 3.63) is 34.4 Å². The molecule has 210 valence electrons. The van der Waals surface area contributed by atoms with Gasteiger partial charge in [0.05, 0.1) is 0 Å². The summed E-state index contributed by atoms with van der Waals surface area (Å²) in [7, 11) is 0. The van der Waals surface area contributed by atoms with E-state index >= 15 is 0 Å². The number of rotatable bonds is 22. The Labute approximate surface area is 237 Å². The maximum atomic E-state index is 2.70. The fourth-order valence-electron chi connectivity index (χ4n) is 6.87. The zero-order valence-corrected chi connectivity index (χ0v) is 32.0. The zero-order valence-electron chi connectivity index (χ0n) is 26.3. The average Bonchev–Trinajstić information content (AvgIpc) is 2.87. The van der Waals surface area contributed by atoms with Gasteiger partial charge in [-0.15, -0.1) is 0 Å². The van der Waals surface area contributed by atoms with Gasteiger partial charge in [0, 0.05) is 0 Å². The second-order valence-electron chi connectivity index (χ2n) is 12.7. The van der Waals surface area contributed by atoms with E-state index in [1.54, 1.807) is 41.1 Å². The zero-order chi connectivity index (χ0) is 26.9. The summed E-state index contributed by atoms with van der Waals surface area (Å²) in [4.78, 5) is 0. The quantitative estimate of drug-likeness (QED) is 0.105. The third-order valence-corrected chi connectivity index (χ3v) is 39.8. The van der Waals surface area contributed by atoms with Crippen LogP contribution in [-0.2, 0) is 8.87 Å². The molecular formula is C34H66Sn2. The Kier molecular flexibility index (Phi) is 19.2. The molecule has 0 saturated heterocycles. The summed E-state index contributed by atoms with van der Waals surface area (Å²) >= 11 is -4.48. The first-order chi connectivity index (χ1) is 17.3. The first kappa shape index (κ1) is 34.8. The summed E-state index contributed by atoms with van der Waals surface area (Å²) in [5.41, 5.74) is 6.96. The molecule has 0 bridgehead atoms. The molecule has 1 rings (SSSR count). The van der Waals surface area contributed by atoms with Crippen molar-refractivity contribution >= 4 is 36.8 Å². The van der Waals surface area contributed by atoms with Crippen LogP contribution in [0.25, 0.3) is 0 Å². The van der Waals surface area contributed by atoms with Gasteiger partial charge >= 0.3 is 239 Å². The van der Waals surface area contributed by atoms with Crippen molar-refractivity contribution in [2.45, 2.75) is 168 Å². The summed E-state index contributed by atoms with van der Waals surface area (Å²) in [6.45, 7) is 19.4. The van der Waals surface area contributed by atoms with Crippen molar-refractivity contribution in [2.24, 2.45) is 0 Å². The molecule has 0 atom stereocenters. The summed E-state index contributed by atoms with van der Waals surface area (Å²) in [5, 5.41) is 0. The molecule has 1 aromatic carbocycles. The van der Waals surface area contributed by atoms with Gasteiger partial charge in [-0.1, -0.05) is 0 Å². The van der Waals surface area contributed by atoms with Crippen LogP contribution in [0.4, 0.5) is 0 Å². The Bertz CT molecular complexity index is 649. The molecule has 0 amide bonds. The van der Waals surface area contributed by atoms with E-state index in [4.69, 9.17) is 0 Å². The van der Waals surface area contributed by atoms with Crippen molar-refractivity contribution in [1.82, 2.24) is 0 Å². The first-order valence-corrected chi connectivity index (χ1v) is 32.6. The van der Waals surface area contributed by atoms with Gasteiger partial charge in [-0.05, 0) is 0 Å². The van der Waals surface area contributed by atoms with Gasteiger partial charge < -0.3 is 0 Å². The van der Waals surface area contributed by atoms with E-state index in [1.165, 1.54) is 82.6 Å². The van der Waals surface area contributed by atoms with Crippen molar-refractivity contribution < 1.29 is 0 Å². The van der Waals surface area contributed by atoms with Gasteiger partial charge in [-0.25, -0.2) is 0 Å². The van der Waals surface area contributed by atoms with Crippen LogP contribution in [0, 0.1) is 13.8 Å². The molecule has 0 saturated carbocycles. The Morgan fingerprint density at radius 1 is 0.472 bits per heavy atom. The minimum absolute atomic E-state index is 1.39. The van der Waals surface area contributed by atoms with Crippen LogP contribution in [0.2, 0.25) is 26.6 Å². The Balaban J connectivity index is 3.53. The van der Waals surface area contributed by atoms with Gasteiger partial charge in [0.25, 0.3) is 0 Å². The molecule has 0 unspecified atom stereocenters. The topological polar surface area (TPSA) is 0 Å². The Morgan fingerprint density at radius 3 is 1.14 bits per heavy atom. The molecule has 0 spiro atoms. The fraction of sp³-hybridized carbons (Fsp3) is 0.824. The van der Waals surface area contributed by atoms with E-state index in [0.29, 0.717) is 0 Å². The van der Waals surface area contributed by atoms with Crippen LogP contribution in [0.1, 0.15) is 141 Å². The predicted molar refractivity (Wildman–Crippen MR) is 173 cm³/mol. The molecule has 0 N–H and O–H groups in total. The standard InChI is InChI=1S/C10H12.6C4H9.2Sn/c1-7-5-8(2)10(4)9(3)6-7;6*1-3-4-2;;/h5-6H,2,4H2,1,3H3;6*1,3-4H2,2H3;;. The van der Waals surface area contributed by atoms with Crippen molar-refractivity contribution in [1.29, 1.82) is 0 Å². The second-order valence-corrected chi connectivity index (χ2v) is 40.4. The fourth-order valence-corrected chi connectivity index (χ4v) is 39.9. The van der Waals surface area contributed by atoms with Crippen LogP contribution in [0.3, 0.4) is 0 Å². The van der Waals surface area contributed by atoms with Gasteiger partial charge in [0.15, 0.2) is 0 Å². The summed E-state index contributed by atoms with van der Waals surface area (Å²) < 4.78 is 13.0. The monoisotopic (exact) mass is 714 g/mol. The van der Waals surface area contributed by atoms with Gasteiger partial charge in [-0.2, -0.15) is 0 Å². The Hall–Kier alpha value is 0.817. The molecule has 0 radical (unpaired) electrons. The summed E-state index contributed by atoms with van der Waals surface area (Å²) in [6, 6.07) is 5.25. The maximum absolute atomic E-state index is 2.70. The van der Waals surface area contributed by atoms with Gasteiger partial charge in [0.2, 0.25) is 0 Å². The number of hydrogen-bond donors (Lipinski definition) is 0. The minimum atomic E-state index is -2.24. The molecule has 36 heavy (non-hydrogen) atoms. The van der Waals surface area contributed by atoms with E-state index in [9.17, 15) is 0 Å². The van der Waals surface area contributed by atoms with Crippen LogP contribution >= 0.6 is 0 Å². The van der Waals surface area contributed by atoms with Crippen molar-refractivity contribution in [2.75, 3.05) is 0 Å². The number of aryl methyl sites for hydroxylation is 2. The normalized spacial score (nSPS) is 12.4. The molecule has 0 nitrogen and oxygen atoms in total. The van der Waals surface area contributed by atoms with Crippen LogP contribution in [-0.4, -0.2) is 36.8 Å². The van der Waals surface area contributed by atoms with E-state index < -0.39 is 36.8 Å². The van der Waals surface area contributed by atoms with E-state index in [-0.39, 0.29) is 0 Å². The van der Waals surface area contributed by atoms with Crippen LogP contribution in [0.15, 0.2) is 12.1 Å². The Morgan fingerprint density at radius 2 is 0.806 bits per heavy atom. The summed E-state index contributed by atoms with van der Waals surface area (Å²) in [5.74, 6) is 0. The molecule has 0 aromatic heterocycles. The molecule has 0 fully saturated rings. The molecule has 0 aliphatic carbocycles. The van der Waals surface area contributed by atoms with Crippen molar-refractivity contribution in [3.63, 3.8) is 0 Å². The van der Waals surface area contributed by atoms with Crippen LogP contribution < -0.4 is 0 Å². The van der Waals surface area contributed by atoms with E-state index in [1.807, 2.05) is 11.1 Å². The third kappa shape index (κ3) is 12.3. The third-order valence-electron chi connectivity index (χ3n) is 9.19. The van der Waals surface area contributed by atoms with Crippen LogP contribution in [0.5, 0.6) is 0 Å². The molecular weight excluding hydrogens is 646 g/mol.